The van der Waals surface area contributed by atoms with Crippen LogP contribution in [0.1, 0.15) is 0 Å². The predicted octanol–water partition coefficient (Wildman–Crippen LogP) is 5.99. The van der Waals surface area contributed by atoms with Gasteiger partial charge in [-0.3, -0.25) is 4.90 Å². The van der Waals surface area contributed by atoms with Crippen molar-refractivity contribution < 1.29 is 9.90 Å². The maximum Gasteiger partial charge on any atom is 0.326 e. The van der Waals surface area contributed by atoms with Crippen molar-refractivity contribution in [2.75, 3.05) is 23.4 Å². The van der Waals surface area contributed by atoms with Crippen LogP contribution in [-0.2, 0) is 0 Å². The highest BCUT2D eigenvalue weighted by molar-refractivity contribution is 6.02. The van der Waals surface area contributed by atoms with Gasteiger partial charge in [-0.2, -0.15) is 0 Å². The van der Waals surface area contributed by atoms with Crippen molar-refractivity contribution in [2.24, 2.45) is 0 Å². The van der Waals surface area contributed by atoms with Gasteiger partial charge >= 0.3 is 6.03 Å². The lowest BCUT2D eigenvalue weighted by atomic mass is 10.0. The van der Waals surface area contributed by atoms with Crippen LogP contribution < -0.4 is 10.2 Å². The summed E-state index contributed by atoms with van der Waals surface area (Å²) in [6.07, 6.45) is 0. The monoisotopic (exact) mass is 460 g/mol. The molecule has 6 nitrogen and oxygen atoms in total. The first-order chi connectivity index (χ1) is 17.2. The molecule has 5 aromatic rings. The van der Waals surface area contributed by atoms with Crippen LogP contribution >= 0.6 is 0 Å². The van der Waals surface area contributed by atoms with Crippen LogP contribution in [0, 0.1) is 0 Å². The molecule has 0 saturated heterocycles. The Morgan fingerprint density at radius 1 is 0.714 bits per heavy atom. The zero-order chi connectivity index (χ0) is 24.0. The molecule has 0 aliphatic rings. The molecular weight excluding hydrogens is 436 g/mol. The van der Waals surface area contributed by atoms with E-state index in [0.29, 0.717) is 16.9 Å². The van der Waals surface area contributed by atoms with Crippen molar-refractivity contribution in [3.05, 3.63) is 109 Å². The lowest BCUT2D eigenvalue weighted by Crippen LogP contribution is -2.37. The number of benzene rings is 4. The Morgan fingerprint density at radius 2 is 1.26 bits per heavy atom. The number of aliphatic hydroxyl groups excluding tert-OH is 1. The van der Waals surface area contributed by atoms with Gasteiger partial charge < -0.3 is 10.4 Å². The molecule has 0 aliphatic carbocycles. The van der Waals surface area contributed by atoms with E-state index >= 15 is 0 Å². The molecule has 1 aromatic heterocycles. The van der Waals surface area contributed by atoms with E-state index in [-0.39, 0.29) is 19.2 Å². The van der Waals surface area contributed by atoms with E-state index in [1.54, 1.807) is 0 Å². The van der Waals surface area contributed by atoms with Crippen molar-refractivity contribution in [2.45, 2.75) is 0 Å². The van der Waals surface area contributed by atoms with E-state index in [4.69, 9.17) is 9.97 Å². The number of nitrogens with one attached hydrogen (secondary N) is 1. The van der Waals surface area contributed by atoms with Crippen LogP contribution in [0.2, 0.25) is 0 Å². The molecule has 0 bridgehead atoms. The Bertz CT molecular complexity index is 1440. The molecule has 6 heteroatoms. The number of anilines is 2. The second-order valence-corrected chi connectivity index (χ2v) is 8.00. The molecular formula is C29H24N4O2. The minimum absolute atomic E-state index is 0.145. The lowest BCUT2D eigenvalue weighted by Gasteiger charge is -2.22. The molecule has 2 N–H and O–H groups in total. The van der Waals surface area contributed by atoms with Crippen LogP contribution in [0.25, 0.3) is 33.5 Å². The number of hydrogen-bond donors (Lipinski definition) is 2. The van der Waals surface area contributed by atoms with Gasteiger partial charge in [-0.05, 0) is 30.3 Å². The molecule has 4 aromatic carbocycles. The minimum atomic E-state index is -0.332. The number of carbonyl (C=O) groups excluding carboxylic acids is 1. The summed E-state index contributed by atoms with van der Waals surface area (Å²) >= 11 is 0. The lowest BCUT2D eigenvalue weighted by molar-refractivity contribution is 0.252. The molecule has 0 fully saturated rings. The number of carbonyl (C=O) groups is 1. The van der Waals surface area contributed by atoms with Crippen molar-refractivity contribution >= 4 is 28.4 Å². The third-order valence-electron chi connectivity index (χ3n) is 5.65. The SMILES string of the molecule is O=C(Nc1ccc2nc(-c3ccccc3)c(-c3ccccc3)nc2c1)N(CCO)c1ccccc1. The van der Waals surface area contributed by atoms with Crippen LogP contribution in [-0.4, -0.2) is 34.3 Å². The van der Waals surface area contributed by atoms with Crippen molar-refractivity contribution in [3.63, 3.8) is 0 Å². The first-order valence-corrected chi connectivity index (χ1v) is 11.4. The summed E-state index contributed by atoms with van der Waals surface area (Å²) < 4.78 is 0. The Morgan fingerprint density at radius 3 is 1.83 bits per heavy atom. The number of para-hydroxylation sites is 1. The minimum Gasteiger partial charge on any atom is -0.395 e. The average molecular weight is 461 g/mol. The fraction of sp³-hybridized carbons (Fsp3) is 0.0690. The number of aromatic nitrogens is 2. The van der Waals surface area contributed by atoms with E-state index in [9.17, 15) is 9.90 Å². The molecule has 0 radical (unpaired) electrons. The summed E-state index contributed by atoms with van der Waals surface area (Å²) in [5.74, 6) is 0. The van der Waals surface area contributed by atoms with E-state index in [1.165, 1.54) is 4.90 Å². The van der Waals surface area contributed by atoms with Gasteiger partial charge in [-0.1, -0.05) is 78.9 Å². The molecule has 1 heterocycles. The highest BCUT2D eigenvalue weighted by atomic mass is 16.3. The summed E-state index contributed by atoms with van der Waals surface area (Å²) in [7, 11) is 0. The quantitative estimate of drug-likeness (QED) is 0.326. The fourth-order valence-electron chi connectivity index (χ4n) is 3.97. The second kappa shape index (κ2) is 10.2. The van der Waals surface area contributed by atoms with Crippen molar-refractivity contribution in [3.8, 4) is 22.5 Å². The molecule has 5 rings (SSSR count). The van der Waals surface area contributed by atoms with E-state index < -0.39 is 0 Å². The molecule has 2 amide bonds. The summed E-state index contributed by atoms with van der Waals surface area (Å²) in [5, 5.41) is 12.4. The number of amides is 2. The Balaban J connectivity index is 1.53. The first kappa shape index (κ1) is 22.3. The van der Waals surface area contributed by atoms with Gasteiger partial charge in [0.05, 0.1) is 35.6 Å². The van der Waals surface area contributed by atoms with Crippen molar-refractivity contribution in [1.82, 2.24) is 9.97 Å². The van der Waals surface area contributed by atoms with Gasteiger partial charge in [0.25, 0.3) is 0 Å². The maximum atomic E-state index is 13.0. The van der Waals surface area contributed by atoms with Crippen LogP contribution in [0.3, 0.4) is 0 Å². The number of nitrogens with zero attached hydrogens (tertiary/aromatic N) is 3. The zero-order valence-corrected chi connectivity index (χ0v) is 19.0. The summed E-state index contributed by atoms with van der Waals surface area (Å²) in [6.45, 7) is 0.0377. The number of urea groups is 1. The highest BCUT2D eigenvalue weighted by Gasteiger charge is 2.17. The zero-order valence-electron chi connectivity index (χ0n) is 19.0. The normalized spacial score (nSPS) is 10.8. The maximum absolute atomic E-state index is 13.0. The second-order valence-electron chi connectivity index (χ2n) is 8.00. The largest absolute Gasteiger partial charge is 0.395 e. The van der Waals surface area contributed by atoms with Crippen LogP contribution in [0.15, 0.2) is 109 Å². The molecule has 35 heavy (non-hydrogen) atoms. The van der Waals surface area contributed by atoms with Crippen LogP contribution in [0.5, 0.6) is 0 Å². The smallest absolute Gasteiger partial charge is 0.326 e. The highest BCUT2D eigenvalue weighted by Crippen LogP contribution is 2.31. The first-order valence-electron chi connectivity index (χ1n) is 11.4. The number of fused-ring (bicyclic) bond motifs is 1. The number of aliphatic hydroxyl groups is 1. The van der Waals surface area contributed by atoms with E-state index in [1.807, 2.05) is 109 Å². The molecule has 172 valence electrons. The van der Waals surface area contributed by atoms with Gasteiger partial charge in [0.15, 0.2) is 0 Å². The summed E-state index contributed by atoms with van der Waals surface area (Å²) in [5.41, 5.74) is 6.25. The molecule has 0 unspecified atom stereocenters. The number of hydrogen-bond acceptors (Lipinski definition) is 4. The predicted molar refractivity (Wildman–Crippen MR) is 140 cm³/mol. The average Bonchev–Trinajstić information content (AvgIpc) is 2.92. The number of rotatable bonds is 6. The van der Waals surface area contributed by atoms with Crippen LogP contribution in [0.4, 0.5) is 16.2 Å². The topological polar surface area (TPSA) is 78.4 Å². The van der Waals surface area contributed by atoms with Gasteiger partial charge in [0.2, 0.25) is 0 Å². The third-order valence-corrected chi connectivity index (χ3v) is 5.65. The molecule has 0 atom stereocenters. The third kappa shape index (κ3) is 4.88. The summed E-state index contributed by atoms with van der Waals surface area (Å²) in [4.78, 5) is 24.4. The van der Waals surface area contributed by atoms with Crippen molar-refractivity contribution in [1.29, 1.82) is 0 Å². The van der Waals surface area contributed by atoms with Gasteiger partial charge in [0, 0.05) is 22.5 Å². The van der Waals surface area contributed by atoms with E-state index in [0.717, 1.165) is 28.0 Å². The molecule has 0 saturated carbocycles. The Hall–Kier alpha value is -4.55. The molecule has 0 aliphatic heterocycles. The Labute approximate surface area is 203 Å². The van der Waals surface area contributed by atoms with Gasteiger partial charge in [0.1, 0.15) is 0 Å². The fourth-order valence-corrected chi connectivity index (χ4v) is 3.97. The Kier molecular flexibility index (Phi) is 6.46. The standard InChI is InChI=1S/C29H24N4O2/c34-19-18-33(24-14-8-3-9-15-24)29(35)30-23-16-17-25-26(20-23)32-28(22-12-6-2-7-13-22)27(31-25)21-10-4-1-5-11-21/h1-17,20,34H,18-19H2,(H,30,35). The molecule has 0 spiro atoms. The van der Waals surface area contributed by atoms with Gasteiger partial charge in [-0.25, -0.2) is 14.8 Å². The van der Waals surface area contributed by atoms with Gasteiger partial charge in [-0.15, -0.1) is 0 Å². The summed E-state index contributed by atoms with van der Waals surface area (Å²) in [6, 6.07) is 34.4. The van der Waals surface area contributed by atoms with E-state index in [2.05, 4.69) is 5.32 Å².